The number of phenolic OH excluding ortho intramolecular Hbond substituents is 1. The molecule has 128 valence electrons. The molecule has 0 saturated carbocycles. The Balaban J connectivity index is 1.88. The first-order chi connectivity index (χ1) is 12.0. The van der Waals surface area contributed by atoms with Crippen LogP contribution in [0.3, 0.4) is 0 Å². The van der Waals surface area contributed by atoms with Crippen molar-refractivity contribution in [3.8, 4) is 11.5 Å². The van der Waals surface area contributed by atoms with Crippen molar-refractivity contribution in [1.82, 2.24) is 5.43 Å². The Hall–Kier alpha value is -2.99. The first-order valence-corrected chi connectivity index (χ1v) is 7.96. The largest absolute Gasteiger partial charge is 0.504 e. The van der Waals surface area contributed by atoms with Crippen molar-refractivity contribution in [1.29, 1.82) is 0 Å². The lowest BCUT2D eigenvalue weighted by Gasteiger charge is -2.14. The van der Waals surface area contributed by atoms with Crippen LogP contribution >= 0.6 is 11.6 Å². The molecule has 3 rings (SSSR count). The molecule has 2 aromatic carbocycles. The summed E-state index contributed by atoms with van der Waals surface area (Å²) in [7, 11) is 0. The van der Waals surface area contributed by atoms with Crippen LogP contribution in [0.4, 0.5) is 5.69 Å². The van der Waals surface area contributed by atoms with Gasteiger partial charge in [0.2, 0.25) is 0 Å². The number of benzene rings is 2. The van der Waals surface area contributed by atoms with E-state index in [1.165, 1.54) is 12.1 Å². The van der Waals surface area contributed by atoms with Crippen LogP contribution < -0.4 is 15.2 Å². The zero-order valence-corrected chi connectivity index (χ0v) is 14.1. The van der Waals surface area contributed by atoms with Crippen LogP contribution in [0.5, 0.6) is 11.5 Å². The van der Waals surface area contributed by atoms with Crippen LogP contribution in [-0.2, 0) is 9.59 Å². The van der Waals surface area contributed by atoms with E-state index in [0.29, 0.717) is 28.6 Å². The number of hydrogen-bond donors (Lipinski definition) is 2. The van der Waals surface area contributed by atoms with Crippen LogP contribution in [0.1, 0.15) is 12.5 Å². The van der Waals surface area contributed by atoms with Crippen LogP contribution in [0.15, 0.2) is 48.0 Å². The summed E-state index contributed by atoms with van der Waals surface area (Å²) in [6, 6.07) is 11.2. The van der Waals surface area contributed by atoms with Crippen LogP contribution in [-0.4, -0.2) is 23.5 Å². The lowest BCUT2D eigenvalue weighted by molar-refractivity contribution is -0.117. The molecule has 2 N–H and O–H groups in total. The van der Waals surface area contributed by atoms with Crippen molar-refractivity contribution in [3.63, 3.8) is 0 Å². The monoisotopic (exact) mass is 358 g/mol. The van der Waals surface area contributed by atoms with Crippen molar-refractivity contribution in [2.45, 2.75) is 6.92 Å². The fourth-order valence-corrected chi connectivity index (χ4v) is 2.52. The number of hydrogen-bond acceptors (Lipinski definition) is 4. The highest BCUT2D eigenvalue weighted by Crippen LogP contribution is 2.29. The van der Waals surface area contributed by atoms with Gasteiger partial charge in [0.1, 0.15) is 5.57 Å². The van der Waals surface area contributed by atoms with Gasteiger partial charge < -0.3 is 9.84 Å². The van der Waals surface area contributed by atoms with E-state index >= 15 is 0 Å². The minimum Gasteiger partial charge on any atom is -0.504 e. The number of halogens is 1. The number of nitrogens with one attached hydrogen (secondary N) is 1. The van der Waals surface area contributed by atoms with Gasteiger partial charge in [0.25, 0.3) is 11.8 Å². The molecule has 0 atom stereocenters. The van der Waals surface area contributed by atoms with Gasteiger partial charge in [0.15, 0.2) is 11.5 Å². The van der Waals surface area contributed by atoms with Crippen molar-refractivity contribution in [3.05, 3.63) is 58.6 Å². The summed E-state index contributed by atoms with van der Waals surface area (Å²) in [6.07, 6.45) is 1.42. The van der Waals surface area contributed by atoms with E-state index in [9.17, 15) is 14.7 Å². The Bertz CT molecular complexity index is 862. The number of nitrogens with zero attached hydrogens (tertiary/aromatic N) is 1. The molecule has 7 heteroatoms. The smallest absolute Gasteiger partial charge is 0.282 e. The highest BCUT2D eigenvalue weighted by Gasteiger charge is 2.34. The normalized spacial score (nSPS) is 15.6. The molecule has 0 unspecified atom stereocenters. The van der Waals surface area contributed by atoms with E-state index < -0.39 is 11.8 Å². The van der Waals surface area contributed by atoms with E-state index in [-0.39, 0.29) is 11.3 Å². The van der Waals surface area contributed by atoms with Crippen molar-refractivity contribution in [2.24, 2.45) is 0 Å². The molecule has 1 fully saturated rings. The predicted octanol–water partition coefficient (Wildman–Crippen LogP) is 2.91. The summed E-state index contributed by atoms with van der Waals surface area (Å²) in [6.45, 7) is 2.23. The molecule has 1 aliphatic rings. The molecule has 25 heavy (non-hydrogen) atoms. The third kappa shape index (κ3) is 3.44. The lowest BCUT2D eigenvalue weighted by atomic mass is 10.1. The van der Waals surface area contributed by atoms with Gasteiger partial charge in [-0.05, 0) is 55.0 Å². The van der Waals surface area contributed by atoms with Crippen LogP contribution in [0.2, 0.25) is 5.02 Å². The van der Waals surface area contributed by atoms with E-state index in [4.69, 9.17) is 16.3 Å². The number of anilines is 1. The summed E-state index contributed by atoms with van der Waals surface area (Å²) >= 11 is 5.83. The van der Waals surface area contributed by atoms with E-state index in [1.54, 1.807) is 36.4 Å². The number of phenols is 1. The zero-order valence-electron chi connectivity index (χ0n) is 13.3. The second-order valence-electron chi connectivity index (χ2n) is 5.28. The highest BCUT2D eigenvalue weighted by molar-refractivity contribution is 6.32. The van der Waals surface area contributed by atoms with E-state index in [0.717, 1.165) is 5.01 Å². The number of carbonyl (C=O) groups is 2. The molecule has 0 aliphatic carbocycles. The minimum atomic E-state index is -0.520. The number of hydrazine groups is 1. The maximum Gasteiger partial charge on any atom is 0.282 e. The van der Waals surface area contributed by atoms with Gasteiger partial charge in [0.05, 0.1) is 12.3 Å². The third-order valence-corrected chi connectivity index (χ3v) is 3.82. The molecule has 0 bridgehead atoms. The number of carbonyl (C=O) groups excluding carboxylic acids is 2. The molecule has 0 radical (unpaired) electrons. The third-order valence-electron chi connectivity index (χ3n) is 3.57. The molecule has 2 amide bonds. The maximum atomic E-state index is 12.5. The Morgan fingerprint density at radius 1 is 1.20 bits per heavy atom. The lowest BCUT2D eigenvalue weighted by Crippen LogP contribution is -2.35. The first kappa shape index (κ1) is 16.9. The number of rotatable bonds is 4. The quantitative estimate of drug-likeness (QED) is 0.650. The summed E-state index contributed by atoms with van der Waals surface area (Å²) < 4.78 is 5.25. The van der Waals surface area contributed by atoms with Crippen molar-refractivity contribution < 1.29 is 19.4 Å². The predicted molar refractivity (Wildman–Crippen MR) is 94.3 cm³/mol. The summed E-state index contributed by atoms with van der Waals surface area (Å²) in [5, 5.41) is 11.6. The maximum absolute atomic E-state index is 12.5. The Labute approximate surface area is 149 Å². The average molecular weight is 359 g/mol. The van der Waals surface area contributed by atoms with Gasteiger partial charge in [-0.1, -0.05) is 17.7 Å². The van der Waals surface area contributed by atoms with Gasteiger partial charge in [-0.25, -0.2) is 5.01 Å². The molecule has 0 spiro atoms. The topological polar surface area (TPSA) is 78.9 Å². The fraction of sp³-hybridized carbons (Fsp3) is 0.111. The highest BCUT2D eigenvalue weighted by atomic mass is 35.5. The second kappa shape index (κ2) is 6.86. The molecule has 1 aliphatic heterocycles. The summed E-state index contributed by atoms with van der Waals surface area (Å²) in [5.74, 6) is -0.722. The molecule has 0 aromatic heterocycles. The van der Waals surface area contributed by atoms with Gasteiger partial charge in [-0.3, -0.25) is 15.0 Å². The zero-order chi connectivity index (χ0) is 18.0. The Morgan fingerprint density at radius 3 is 2.56 bits per heavy atom. The van der Waals surface area contributed by atoms with Gasteiger partial charge in [-0.15, -0.1) is 0 Å². The number of amides is 2. The first-order valence-electron chi connectivity index (χ1n) is 7.58. The average Bonchev–Trinajstić information content (AvgIpc) is 2.86. The van der Waals surface area contributed by atoms with Gasteiger partial charge >= 0.3 is 0 Å². The second-order valence-corrected chi connectivity index (χ2v) is 5.71. The summed E-state index contributed by atoms with van der Waals surface area (Å²) in [5.41, 5.74) is 3.49. The minimum absolute atomic E-state index is 0.0292. The van der Waals surface area contributed by atoms with Crippen LogP contribution in [0.25, 0.3) is 6.08 Å². The summed E-state index contributed by atoms with van der Waals surface area (Å²) in [4.78, 5) is 24.7. The number of ether oxygens (including phenoxy) is 1. The molecule has 2 aromatic rings. The molecule has 6 nitrogen and oxygen atoms in total. The Kier molecular flexibility index (Phi) is 4.63. The van der Waals surface area contributed by atoms with E-state index in [2.05, 4.69) is 5.43 Å². The SMILES string of the molecule is CCOc1ccc(C=C2C(=O)NN(c3ccc(Cl)cc3)C2=O)cc1O. The van der Waals surface area contributed by atoms with Crippen LogP contribution in [0, 0.1) is 0 Å². The molecule has 1 saturated heterocycles. The fourth-order valence-electron chi connectivity index (χ4n) is 2.40. The van der Waals surface area contributed by atoms with E-state index in [1.807, 2.05) is 6.92 Å². The van der Waals surface area contributed by atoms with Gasteiger partial charge in [-0.2, -0.15) is 0 Å². The Morgan fingerprint density at radius 2 is 1.92 bits per heavy atom. The van der Waals surface area contributed by atoms with Gasteiger partial charge in [0, 0.05) is 5.02 Å². The van der Waals surface area contributed by atoms with Crippen molar-refractivity contribution >= 4 is 35.2 Å². The molecular weight excluding hydrogens is 344 g/mol. The molecular formula is C18H15ClN2O4. The molecule has 1 heterocycles. The van der Waals surface area contributed by atoms with Crippen molar-refractivity contribution in [2.75, 3.05) is 11.6 Å². The standard InChI is InChI=1S/C18H15ClN2O4/c1-2-25-16-8-3-11(10-15(16)22)9-14-17(23)20-21(18(14)24)13-6-4-12(19)5-7-13/h3-10,22H,2H2,1H3,(H,20,23). The number of aromatic hydroxyl groups is 1.